The molecule has 0 bridgehead atoms. The molecule has 0 aliphatic heterocycles. The quantitative estimate of drug-likeness (QED) is 0.138. The highest BCUT2D eigenvalue weighted by atomic mass is 16.3. The second kappa shape index (κ2) is 20.9. The van der Waals surface area contributed by atoms with E-state index in [-0.39, 0.29) is 0 Å². The summed E-state index contributed by atoms with van der Waals surface area (Å²) in [5, 5.41) is 12.4. The molecule has 0 saturated carbocycles. The molecule has 7 nitrogen and oxygen atoms in total. The van der Waals surface area contributed by atoms with Gasteiger partial charge in [-0.15, -0.1) is 0 Å². The van der Waals surface area contributed by atoms with Crippen molar-refractivity contribution in [1.82, 2.24) is 4.57 Å². The molecule has 72 heavy (non-hydrogen) atoms. The normalized spacial score (nSPS) is 11.0. The lowest BCUT2D eigenvalue weighted by atomic mass is 9.98. The lowest BCUT2D eigenvalue weighted by molar-refractivity contribution is 0.669. The van der Waals surface area contributed by atoms with Crippen molar-refractivity contribution in [3.05, 3.63) is 247 Å². The van der Waals surface area contributed by atoms with E-state index in [1.165, 1.54) is 33.0 Å². The molecule has 0 saturated heterocycles. The number of benzene rings is 10. The van der Waals surface area contributed by atoms with Gasteiger partial charge in [-0.1, -0.05) is 146 Å². The lowest BCUT2D eigenvalue weighted by Crippen LogP contribution is -2.10. The summed E-state index contributed by atoms with van der Waals surface area (Å²) in [5.41, 5.74) is 28.2. The molecule has 0 fully saturated rings. The molecular formula is C65H55N5O2. The second-order valence-electron chi connectivity index (χ2n) is 17.7. The van der Waals surface area contributed by atoms with E-state index in [1.54, 1.807) is 0 Å². The maximum atomic E-state index is 6.54. The van der Waals surface area contributed by atoms with E-state index in [4.69, 9.17) is 25.7 Å². The molecule has 10 aromatic carbocycles. The minimum absolute atomic E-state index is 0.640. The molecular weight excluding hydrogens is 883 g/mol. The SMILES string of the molecule is C=N.Cc1cccc(N(C)c2ccccc2-c2ccc3oc4cc(-c5ccc6c(c5)c5cc7c(cc5n6-c5ccccc5)oc5ccccc57)ccc4c3c2)c1.NCc1ccccc1.NCc1ccccc1. The molecule has 0 aliphatic carbocycles. The summed E-state index contributed by atoms with van der Waals surface area (Å²) in [6.45, 7) is 5.91. The molecule has 13 aromatic rings. The molecule has 0 amide bonds. The highest BCUT2D eigenvalue weighted by Gasteiger charge is 2.19. The monoisotopic (exact) mass is 937 g/mol. The van der Waals surface area contributed by atoms with Crippen molar-refractivity contribution >= 4 is 83.8 Å². The molecule has 7 heteroatoms. The van der Waals surface area contributed by atoms with Crippen LogP contribution in [-0.4, -0.2) is 18.3 Å². The molecule has 5 N–H and O–H groups in total. The Morgan fingerprint density at radius 3 is 1.67 bits per heavy atom. The highest BCUT2D eigenvalue weighted by molar-refractivity contribution is 6.18. The van der Waals surface area contributed by atoms with Crippen LogP contribution in [-0.2, 0) is 13.1 Å². The summed E-state index contributed by atoms with van der Waals surface area (Å²) in [6, 6.07) is 80.6. The first-order valence-electron chi connectivity index (χ1n) is 24.1. The Labute approximate surface area is 419 Å². The zero-order valence-electron chi connectivity index (χ0n) is 40.4. The van der Waals surface area contributed by atoms with Crippen molar-refractivity contribution in [3.8, 4) is 27.9 Å². The van der Waals surface area contributed by atoms with Gasteiger partial charge in [-0.05, 0) is 126 Å². The number of hydrogen-bond donors (Lipinski definition) is 3. The van der Waals surface area contributed by atoms with Crippen molar-refractivity contribution < 1.29 is 8.83 Å². The third-order valence-electron chi connectivity index (χ3n) is 13.2. The largest absolute Gasteiger partial charge is 0.456 e. The van der Waals surface area contributed by atoms with E-state index in [0.29, 0.717) is 13.1 Å². The number of anilines is 2. The van der Waals surface area contributed by atoms with Gasteiger partial charge in [0.25, 0.3) is 0 Å². The Morgan fingerprint density at radius 1 is 0.431 bits per heavy atom. The van der Waals surface area contributed by atoms with Gasteiger partial charge in [0.15, 0.2) is 0 Å². The third-order valence-corrected chi connectivity index (χ3v) is 13.2. The smallest absolute Gasteiger partial charge is 0.137 e. The fraction of sp³-hybridized carbons (Fsp3) is 0.0615. The van der Waals surface area contributed by atoms with E-state index >= 15 is 0 Å². The summed E-state index contributed by atoms with van der Waals surface area (Å²) in [7, 11) is 2.14. The first-order chi connectivity index (χ1) is 35.4. The predicted octanol–water partition coefficient (Wildman–Crippen LogP) is 16.5. The van der Waals surface area contributed by atoms with Gasteiger partial charge in [0, 0.05) is 81.1 Å². The Bertz CT molecular complexity index is 3930. The Kier molecular flexibility index (Phi) is 13.6. The summed E-state index contributed by atoms with van der Waals surface area (Å²) in [5.74, 6) is 0. The standard InChI is InChI=1S/C50H34N2O2.2C7H9N.CH3N/c1-31-11-10-14-36(25-31)51(2)44-17-8-6-15-37(44)34-21-24-48-42(27-34)39-22-19-33(28-49(39)54-48)32-20-23-45-40(26-32)41-29-43-38-16-7-9-18-47(38)53-50(43)30-46(41)52(45)35-12-4-3-5-13-35;2*8-6-7-4-2-1-3-5-7;1-2/h3-30H,1-2H3;2*1-5H,6,8H2;2H,1H2. The van der Waals surface area contributed by atoms with Crippen LogP contribution in [0.5, 0.6) is 0 Å². The van der Waals surface area contributed by atoms with E-state index in [2.05, 4.69) is 188 Å². The predicted molar refractivity (Wildman–Crippen MR) is 304 cm³/mol. The van der Waals surface area contributed by atoms with Gasteiger partial charge < -0.3 is 35.2 Å². The van der Waals surface area contributed by atoms with Gasteiger partial charge >= 0.3 is 0 Å². The van der Waals surface area contributed by atoms with Crippen molar-refractivity contribution in [2.75, 3.05) is 11.9 Å². The average molecular weight is 938 g/mol. The first-order valence-corrected chi connectivity index (χ1v) is 24.1. The van der Waals surface area contributed by atoms with Gasteiger partial charge in [0.05, 0.1) is 11.0 Å². The van der Waals surface area contributed by atoms with Crippen LogP contribution < -0.4 is 16.4 Å². The zero-order chi connectivity index (χ0) is 49.6. The van der Waals surface area contributed by atoms with Crippen LogP contribution in [0.1, 0.15) is 16.7 Å². The number of aromatic nitrogens is 1. The van der Waals surface area contributed by atoms with E-state index in [0.717, 1.165) is 88.7 Å². The van der Waals surface area contributed by atoms with E-state index in [1.807, 2.05) is 72.8 Å². The maximum Gasteiger partial charge on any atom is 0.137 e. The minimum atomic E-state index is 0.640. The molecule has 0 atom stereocenters. The number of aryl methyl sites for hydroxylation is 1. The average Bonchev–Trinajstić information content (AvgIpc) is 4.11. The van der Waals surface area contributed by atoms with Crippen LogP contribution in [0.3, 0.4) is 0 Å². The van der Waals surface area contributed by atoms with Gasteiger partial charge in [-0.3, -0.25) is 0 Å². The summed E-state index contributed by atoms with van der Waals surface area (Å²) in [4.78, 5) is 2.26. The number of nitrogens with one attached hydrogen (secondary N) is 1. The first kappa shape index (κ1) is 46.7. The van der Waals surface area contributed by atoms with Gasteiger partial charge in [0.2, 0.25) is 0 Å². The number of rotatable bonds is 7. The maximum absolute atomic E-state index is 6.54. The van der Waals surface area contributed by atoms with Gasteiger partial charge in [0.1, 0.15) is 22.3 Å². The third kappa shape index (κ3) is 9.26. The number of nitrogens with zero attached hydrogens (tertiary/aromatic N) is 2. The number of nitrogens with two attached hydrogens (primary N) is 2. The van der Waals surface area contributed by atoms with Gasteiger partial charge in [-0.2, -0.15) is 0 Å². The molecule has 352 valence electrons. The summed E-state index contributed by atoms with van der Waals surface area (Å²) in [6.07, 6.45) is 0. The molecule has 0 spiro atoms. The van der Waals surface area contributed by atoms with Crippen LogP contribution in [0.2, 0.25) is 0 Å². The molecule has 0 radical (unpaired) electrons. The van der Waals surface area contributed by atoms with E-state index in [9.17, 15) is 0 Å². The molecule has 0 aliphatic rings. The Morgan fingerprint density at radius 2 is 0.972 bits per heavy atom. The number of fused-ring (bicyclic) bond motifs is 9. The van der Waals surface area contributed by atoms with Crippen molar-refractivity contribution in [2.24, 2.45) is 11.5 Å². The Balaban J connectivity index is 0.000000281. The second-order valence-corrected chi connectivity index (χ2v) is 17.7. The van der Waals surface area contributed by atoms with Gasteiger partial charge in [-0.25, -0.2) is 0 Å². The number of furan rings is 2. The minimum Gasteiger partial charge on any atom is -0.456 e. The topological polar surface area (TPSA) is 110 Å². The van der Waals surface area contributed by atoms with Crippen LogP contribution in [0.15, 0.2) is 239 Å². The lowest BCUT2D eigenvalue weighted by Gasteiger charge is -2.23. The van der Waals surface area contributed by atoms with E-state index < -0.39 is 0 Å². The molecule has 3 aromatic heterocycles. The molecule has 3 heterocycles. The van der Waals surface area contributed by atoms with Crippen LogP contribution in [0.25, 0.3) is 93.6 Å². The van der Waals surface area contributed by atoms with Crippen LogP contribution >= 0.6 is 0 Å². The fourth-order valence-corrected chi connectivity index (χ4v) is 9.61. The van der Waals surface area contributed by atoms with Crippen molar-refractivity contribution in [1.29, 1.82) is 5.41 Å². The number of para-hydroxylation sites is 3. The molecule has 0 unspecified atom stereocenters. The summed E-state index contributed by atoms with van der Waals surface area (Å²) < 4.78 is 15.2. The highest BCUT2D eigenvalue weighted by Crippen LogP contribution is 2.42. The zero-order valence-corrected chi connectivity index (χ0v) is 40.4. The van der Waals surface area contributed by atoms with Crippen molar-refractivity contribution in [2.45, 2.75) is 20.0 Å². The Hall–Kier alpha value is -9.01. The fourth-order valence-electron chi connectivity index (χ4n) is 9.61. The van der Waals surface area contributed by atoms with Crippen molar-refractivity contribution in [3.63, 3.8) is 0 Å². The summed E-state index contributed by atoms with van der Waals surface area (Å²) >= 11 is 0. The van der Waals surface area contributed by atoms with Crippen LogP contribution in [0.4, 0.5) is 11.4 Å². The molecule has 13 rings (SSSR count). The van der Waals surface area contributed by atoms with Crippen LogP contribution in [0, 0.1) is 12.3 Å². The number of hydrogen-bond acceptors (Lipinski definition) is 6.